The smallest absolute Gasteiger partial charge is 0.215 e. The fraction of sp³-hybridized carbons (Fsp3) is 0.258. The number of likely N-dealkylation sites (N-methyl/N-ethyl adjacent to an activating group) is 1. The molecule has 6 rings (SSSR count). The molecule has 224 valence electrons. The Kier molecular flexibility index (Phi) is 9.33. The van der Waals surface area contributed by atoms with Crippen LogP contribution in [0.25, 0.3) is 16.6 Å². The van der Waals surface area contributed by atoms with E-state index in [1.54, 1.807) is 0 Å². The lowest BCUT2D eigenvalue weighted by Gasteiger charge is -2.13. The van der Waals surface area contributed by atoms with Gasteiger partial charge in [-0.3, -0.25) is 9.56 Å². The molecule has 0 amide bonds. The third kappa shape index (κ3) is 7.00. The van der Waals surface area contributed by atoms with Gasteiger partial charge in [0.1, 0.15) is 12.4 Å². The van der Waals surface area contributed by atoms with Crippen LogP contribution in [0.3, 0.4) is 0 Å². The highest BCUT2D eigenvalue weighted by Crippen LogP contribution is 2.30. The SMILES string of the molecule is CNS(=O)(=O)Cc1ccc2[nH]cc(CCN(C)C)c2c1.Cc1nnc2n1-c1ccc(Cl)cc1C(c1ccccc1Cl)=NC2. The molecule has 0 saturated carbocycles. The molecule has 5 aromatic rings. The number of aliphatic imine (C=N–C) groups is 1. The number of nitrogens with zero attached hydrogens (tertiary/aromatic N) is 5. The number of sulfonamides is 1. The maximum atomic E-state index is 11.6. The van der Waals surface area contributed by atoms with Gasteiger partial charge in [-0.1, -0.05) is 47.5 Å². The number of aryl methyl sites for hydroxylation is 1. The fourth-order valence-electron chi connectivity index (χ4n) is 4.99. The van der Waals surface area contributed by atoms with Crippen molar-refractivity contribution >= 4 is 49.8 Å². The van der Waals surface area contributed by atoms with E-state index >= 15 is 0 Å². The van der Waals surface area contributed by atoms with Crippen molar-refractivity contribution in [1.82, 2.24) is 29.4 Å². The van der Waals surface area contributed by atoms with E-state index < -0.39 is 10.0 Å². The standard InChI is InChI=1S/C17H12Cl2N4.C14H21N3O2S/c1-10-21-22-16-9-20-17(12-4-2-3-5-14(12)19)13-8-11(18)6-7-15(13)23(10)16;1-15-20(18,19)10-11-4-5-14-13(8-11)12(9-16-14)6-7-17(2)3/h2-8H,9H2,1H3;4-5,8-9,15-16H,6-7,10H2,1-3H3. The number of aromatic nitrogens is 4. The number of halogens is 2. The van der Waals surface area contributed by atoms with Crippen molar-refractivity contribution in [3.8, 4) is 5.69 Å². The lowest BCUT2D eigenvalue weighted by atomic mass is 10.0. The van der Waals surface area contributed by atoms with Gasteiger partial charge in [0.25, 0.3) is 0 Å². The van der Waals surface area contributed by atoms with Crippen LogP contribution >= 0.6 is 23.2 Å². The summed E-state index contributed by atoms with van der Waals surface area (Å²) in [5.41, 5.74) is 6.65. The van der Waals surface area contributed by atoms with Crippen molar-refractivity contribution < 1.29 is 8.42 Å². The molecule has 0 saturated heterocycles. The summed E-state index contributed by atoms with van der Waals surface area (Å²) in [6.45, 7) is 3.33. The average molecular weight is 639 g/mol. The van der Waals surface area contributed by atoms with Gasteiger partial charge in [0.15, 0.2) is 5.82 Å². The van der Waals surface area contributed by atoms with Crippen molar-refractivity contribution in [2.75, 3.05) is 27.7 Å². The summed E-state index contributed by atoms with van der Waals surface area (Å²) < 4.78 is 27.6. The predicted molar refractivity (Wildman–Crippen MR) is 174 cm³/mol. The molecular weight excluding hydrogens is 605 g/mol. The Morgan fingerprint density at radius 2 is 1.81 bits per heavy atom. The third-order valence-electron chi connectivity index (χ3n) is 7.18. The van der Waals surface area contributed by atoms with Gasteiger partial charge in [-0.05, 0) is 82.0 Å². The molecule has 2 aromatic heterocycles. The first kappa shape index (κ1) is 30.9. The molecule has 3 heterocycles. The molecule has 1 aliphatic rings. The van der Waals surface area contributed by atoms with Gasteiger partial charge in [0, 0.05) is 44.8 Å². The molecule has 0 radical (unpaired) electrons. The molecule has 43 heavy (non-hydrogen) atoms. The molecule has 9 nitrogen and oxygen atoms in total. The lowest BCUT2D eigenvalue weighted by molar-refractivity contribution is 0.414. The largest absolute Gasteiger partial charge is 0.361 e. The van der Waals surface area contributed by atoms with E-state index in [1.807, 2.05) is 92.4 Å². The van der Waals surface area contributed by atoms with Gasteiger partial charge in [-0.15, -0.1) is 10.2 Å². The Balaban J connectivity index is 0.000000173. The van der Waals surface area contributed by atoms with Gasteiger partial charge in [-0.25, -0.2) is 13.1 Å². The quantitative estimate of drug-likeness (QED) is 0.243. The van der Waals surface area contributed by atoms with E-state index in [9.17, 15) is 8.42 Å². The summed E-state index contributed by atoms with van der Waals surface area (Å²) in [6.07, 6.45) is 2.94. The Morgan fingerprint density at radius 3 is 2.56 bits per heavy atom. The third-order valence-corrected chi connectivity index (χ3v) is 9.08. The number of hydrogen-bond acceptors (Lipinski definition) is 6. The molecule has 1 aliphatic heterocycles. The van der Waals surface area contributed by atoms with E-state index in [4.69, 9.17) is 28.2 Å². The number of aromatic amines is 1. The van der Waals surface area contributed by atoms with Gasteiger partial charge in [-0.2, -0.15) is 0 Å². The summed E-state index contributed by atoms with van der Waals surface area (Å²) in [5.74, 6) is 1.63. The minimum absolute atomic E-state index is 0.0116. The monoisotopic (exact) mass is 637 g/mol. The Bertz CT molecular complexity index is 1910. The fourth-order valence-corrected chi connectivity index (χ4v) is 6.15. The van der Waals surface area contributed by atoms with Crippen molar-refractivity contribution in [3.63, 3.8) is 0 Å². The molecular formula is C31H33Cl2N7O2S. The molecule has 0 fully saturated rings. The zero-order valence-electron chi connectivity index (χ0n) is 24.4. The molecule has 0 atom stereocenters. The summed E-state index contributed by atoms with van der Waals surface area (Å²) in [5, 5.41) is 10.8. The van der Waals surface area contributed by atoms with Crippen LogP contribution in [-0.2, 0) is 28.7 Å². The van der Waals surface area contributed by atoms with Crippen molar-refractivity contribution in [2.24, 2.45) is 4.99 Å². The van der Waals surface area contributed by atoms with Crippen LogP contribution in [-0.4, -0.2) is 66.5 Å². The van der Waals surface area contributed by atoms with Crippen LogP contribution in [0.15, 0.2) is 71.9 Å². The highest BCUT2D eigenvalue weighted by molar-refractivity contribution is 7.88. The molecule has 0 unspecified atom stereocenters. The second kappa shape index (κ2) is 13.0. The molecule has 2 N–H and O–H groups in total. The van der Waals surface area contributed by atoms with Crippen LogP contribution in [0.2, 0.25) is 10.0 Å². The van der Waals surface area contributed by atoms with Gasteiger partial charge >= 0.3 is 0 Å². The first-order valence-corrected chi connectivity index (χ1v) is 16.1. The molecule has 3 aromatic carbocycles. The maximum absolute atomic E-state index is 11.6. The zero-order chi connectivity index (χ0) is 30.7. The van der Waals surface area contributed by atoms with Crippen LogP contribution in [0.1, 0.15) is 33.9 Å². The van der Waals surface area contributed by atoms with Gasteiger partial charge in [0.05, 0.1) is 17.2 Å². The number of nitrogens with one attached hydrogen (secondary N) is 2. The Morgan fingerprint density at radius 1 is 1.02 bits per heavy atom. The minimum Gasteiger partial charge on any atom is -0.361 e. The van der Waals surface area contributed by atoms with Gasteiger partial charge in [0.2, 0.25) is 10.0 Å². The number of H-pyrrole nitrogens is 1. The van der Waals surface area contributed by atoms with Gasteiger partial charge < -0.3 is 9.88 Å². The summed E-state index contributed by atoms with van der Waals surface area (Å²) in [7, 11) is 2.29. The normalized spacial score (nSPS) is 12.8. The van der Waals surface area contributed by atoms with E-state index in [0.717, 1.165) is 63.6 Å². The second-order valence-corrected chi connectivity index (χ2v) is 13.3. The molecule has 0 spiro atoms. The number of rotatable bonds is 7. The van der Waals surface area contributed by atoms with Crippen molar-refractivity contribution in [3.05, 3.63) is 111 Å². The maximum Gasteiger partial charge on any atom is 0.215 e. The van der Waals surface area contributed by atoms with Crippen LogP contribution < -0.4 is 4.72 Å². The average Bonchev–Trinajstić information content (AvgIpc) is 3.51. The topological polar surface area (TPSA) is 108 Å². The van der Waals surface area contributed by atoms with E-state index in [-0.39, 0.29) is 5.75 Å². The van der Waals surface area contributed by atoms with Crippen molar-refractivity contribution in [2.45, 2.75) is 25.6 Å². The zero-order valence-corrected chi connectivity index (χ0v) is 26.7. The Hall–Kier alpha value is -3.54. The Labute approximate surface area is 261 Å². The second-order valence-electron chi connectivity index (χ2n) is 10.5. The lowest BCUT2D eigenvalue weighted by Crippen LogP contribution is -2.20. The highest BCUT2D eigenvalue weighted by Gasteiger charge is 2.23. The first-order chi connectivity index (χ1) is 20.6. The number of benzene rings is 3. The van der Waals surface area contributed by atoms with E-state index in [2.05, 4.69) is 24.8 Å². The minimum atomic E-state index is -3.23. The summed E-state index contributed by atoms with van der Waals surface area (Å²) in [4.78, 5) is 10.1. The molecule has 12 heteroatoms. The van der Waals surface area contributed by atoms with E-state index in [0.29, 0.717) is 16.6 Å². The highest BCUT2D eigenvalue weighted by atomic mass is 35.5. The molecule has 0 bridgehead atoms. The predicted octanol–water partition coefficient (Wildman–Crippen LogP) is 5.55. The van der Waals surface area contributed by atoms with E-state index in [1.165, 1.54) is 12.6 Å². The van der Waals surface area contributed by atoms with Crippen molar-refractivity contribution in [1.29, 1.82) is 0 Å². The number of fused-ring (bicyclic) bond motifs is 4. The summed E-state index contributed by atoms with van der Waals surface area (Å²) in [6, 6.07) is 19.2. The first-order valence-electron chi connectivity index (χ1n) is 13.7. The molecule has 0 aliphatic carbocycles. The summed E-state index contributed by atoms with van der Waals surface area (Å²) >= 11 is 12.6. The van der Waals surface area contributed by atoms with Crippen LogP contribution in [0.5, 0.6) is 0 Å². The number of hydrogen-bond donors (Lipinski definition) is 2. The van der Waals surface area contributed by atoms with Crippen LogP contribution in [0.4, 0.5) is 0 Å². The van der Waals surface area contributed by atoms with Crippen LogP contribution in [0, 0.1) is 6.92 Å².